The smallest absolute Gasteiger partial charge is 0.337 e. The first-order valence-corrected chi connectivity index (χ1v) is 14.7. The molecular formula is C33H43N3O9. The van der Waals surface area contributed by atoms with Crippen LogP contribution in [0.4, 0.5) is 0 Å². The number of rotatable bonds is 13. The number of benzene rings is 2. The number of hydrogen-bond acceptors (Lipinski definition) is 9. The van der Waals surface area contributed by atoms with Crippen LogP contribution >= 0.6 is 0 Å². The fraction of sp³-hybridized carbons (Fsp3) is 0.455. The molecule has 0 saturated heterocycles. The number of carbonyl (C=O) groups is 4. The summed E-state index contributed by atoms with van der Waals surface area (Å²) >= 11 is 0. The van der Waals surface area contributed by atoms with E-state index in [-0.39, 0.29) is 23.9 Å². The van der Waals surface area contributed by atoms with Crippen LogP contribution in [0.25, 0.3) is 5.70 Å². The first-order chi connectivity index (χ1) is 21.3. The minimum atomic E-state index is -1.67. The van der Waals surface area contributed by atoms with Gasteiger partial charge >= 0.3 is 5.97 Å². The van der Waals surface area contributed by atoms with E-state index in [1.165, 1.54) is 44.3 Å². The minimum Gasteiger partial charge on any atom is -0.493 e. The van der Waals surface area contributed by atoms with Crippen molar-refractivity contribution in [2.75, 3.05) is 27.9 Å². The third-order valence-corrected chi connectivity index (χ3v) is 7.25. The second kappa shape index (κ2) is 15.4. The maximum Gasteiger partial charge on any atom is 0.337 e. The van der Waals surface area contributed by atoms with Crippen molar-refractivity contribution in [1.29, 1.82) is 0 Å². The van der Waals surface area contributed by atoms with Crippen molar-refractivity contribution in [1.82, 2.24) is 15.1 Å². The number of hydrogen-bond donors (Lipinski definition) is 2. The van der Waals surface area contributed by atoms with Crippen LogP contribution in [0.15, 0.2) is 48.7 Å². The van der Waals surface area contributed by atoms with Gasteiger partial charge in [-0.25, -0.2) is 4.79 Å². The van der Waals surface area contributed by atoms with E-state index in [9.17, 15) is 24.3 Å². The lowest BCUT2D eigenvalue weighted by Crippen LogP contribution is -2.57. The maximum atomic E-state index is 14.1. The van der Waals surface area contributed by atoms with E-state index in [0.29, 0.717) is 22.8 Å². The van der Waals surface area contributed by atoms with Crippen LogP contribution in [0.3, 0.4) is 0 Å². The number of nitrogens with zero attached hydrogens (tertiary/aromatic N) is 2. The van der Waals surface area contributed by atoms with Gasteiger partial charge in [0.1, 0.15) is 12.6 Å². The van der Waals surface area contributed by atoms with Crippen molar-refractivity contribution in [3.63, 3.8) is 0 Å². The Balaban J connectivity index is 2.05. The SMILES string of the molecule is COc1cc(C2=CN(C(C)=O)C(C(C)C)C(=O)N2CC(=O)N[C@@H](Cc2ccccc2)C(O)C(=O)OC(C)C)cc(OC)c1OC. The number of aliphatic hydroxyl groups excluding tert-OH is 1. The average molecular weight is 626 g/mol. The molecule has 12 nitrogen and oxygen atoms in total. The Bertz CT molecular complexity index is 1380. The number of carbonyl (C=O) groups excluding carboxylic acids is 4. The van der Waals surface area contributed by atoms with Crippen LogP contribution in [-0.4, -0.2) is 90.8 Å². The van der Waals surface area contributed by atoms with Gasteiger partial charge < -0.3 is 34.3 Å². The summed E-state index contributed by atoms with van der Waals surface area (Å²) in [7, 11) is 4.36. The second-order valence-electron chi connectivity index (χ2n) is 11.3. The largest absolute Gasteiger partial charge is 0.493 e. The molecule has 1 aliphatic rings. The zero-order valence-electron chi connectivity index (χ0n) is 27.0. The van der Waals surface area contributed by atoms with Crippen LogP contribution in [-0.2, 0) is 30.3 Å². The molecule has 3 atom stereocenters. The van der Waals surface area contributed by atoms with Gasteiger partial charge in [0.15, 0.2) is 17.6 Å². The molecular weight excluding hydrogens is 582 g/mol. The molecule has 45 heavy (non-hydrogen) atoms. The van der Waals surface area contributed by atoms with Crippen molar-refractivity contribution < 1.29 is 43.2 Å². The lowest BCUT2D eigenvalue weighted by Gasteiger charge is -2.41. The van der Waals surface area contributed by atoms with E-state index < -0.39 is 48.6 Å². The van der Waals surface area contributed by atoms with Gasteiger partial charge in [-0.1, -0.05) is 44.2 Å². The summed E-state index contributed by atoms with van der Waals surface area (Å²) in [6.07, 6.45) is -0.500. The summed E-state index contributed by atoms with van der Waals surface area (Å²) in [6, 6.07) is 10.3. The van der Waals surface area contributed by atoms with Gasteiger partial charge in [-0.15, -0.1) is 0 Å². The van der Waals surface area contributed by atoms with E-state index in [0.717, 1.165) is 5.56 Å². The summed E-state index contributed by atoms with van der Waals surface area (Å²) in [5, 5.41) is 13.7. The van der Waals surface area contributed by atoms with E-state index in [4.69, 9.17) is 18.9 Å². The first-order valence-electron chi connectivity index (χ1n) is 14.7. The Morgan fingerprint density at radius 1 is 0.956 bits per heavy atom. The third kappa shape index (κ3) is 8.33. The Labute approximate surface area is 263 Å². The molecule has 2 aromatic carbocycles. The molecule has 3 amide bonds. The molecule has 12 heteroatoms. The second-order valence-corrected chi connectivity index (χ2v) is 11.3. The number of amides is 3. The minimum absolute atomic E-state index is 0.122. The Morgan fingerprint density at radius 3 is 2.04 bits per heavy atom. The van der Waals surface area contributed by atoms with Crippen LogP contribution in [0.1, 0.15) is 45.7 Å². The molecule has 0 radical (unpaired) electrons. The molecule has 2 aromatic rings. The number of methoxy groups -OCH3 is 3. The molecule has 0 aliphatic carbocycles. The summed E-state index contributed by atoms with van der Waals surface area (Å²) in [5.41, 5.74) is 1.42. The van der Waals surface area contributed by atoms with E-state index in [1.807, 2.05) is 32.0 Å². The van der Waals surface area contributed by atoms with Crippen molar-refractivity contribution in [2.45, 2.75) is 65.3 Å². The Hall–Kier alpha value is -4.58. The van der Waals surface area contributed by atoms with Crippen molar-refractivity contribution in [3.05, 3.63) is 59.8 Å². The number of nitrogens with one attached hydrogen (secondary N) is 1. The number of aliphatic hydroxyl groups is 1. The van der Waals surface area contributed by atoms with E-state index in [1.54, 1.807) is 38.1 Å². The molecule has 1 heterocycles. The first kappa shape index (κ1) is 34.9. The van der Waals surface area contributed by atoms with Crippen LogP contribution in [0, 0.1) is 5.92 Å². The Morgan fingerprint density at radius 2 is 1.56 bits per heavy atom. The van der Waals surface area contributed by atoms with Crippen molar-refractivity contribution in [3.8, 4) is 17.2 Å². The lowest BCUT2D eigenvalue weighted by atomic mass is 9.96. The molecule has 0 fully saturated rings. The Kier molecular flexibility index (Phi) is 12.0. The highest BCUT2D eigenvalue weighted by Crippen LogP contribution is 2.41. The molecule has 2 N–H and O–H groups in total. The number of ether oxygens (including phenoxy) is 4. The number of esters is 1. The molecule has 0 bridgehead atoms. The molecule has 244 valence electrons. The summed E-state index contributed by atoms with van der Waals surface area (Å²) in [5.74, 6) is -1.72. The van der Waals surface area contributed by atoms with E-state index in [2.05, 4.69) is 5.32 Å². The molecule has 0 aromatic heterocycles. The van der Waals surface area contributed by atoms with Gasteiger partial charge in [0, 0.05) is 18.7 Å². The molecule has 1 aliphatic heterocycles. The summed E-state index contributed by atoms with van der Waals surface area (Å²) in [4.78, 5) is 55.8. The summed E-state index contributed by atoms with van der Waals surface area (Å²) < 4.78 is 21.7. The van der Waals surface area contributed by atoms with Crippen LogP contribution in [0.5, 0.6) is 17.2 Å². The van der Waals surface area contributed by atoms with Gasteiger partial charge in [-0.05, 0) is 43.9 Å². The van der Waals surface area contributed by atoms with Gasteiger partial charge in [-0.3, -0.25) is 19.3 Å². The maximum absolute atomic E-state index is 14.1. The molecule has 0 spiro atoms. The molecule has 3 rings (SSSR count). The van der Waals surface area contributed by atoms with Gasteiger partial charge in [-0.2, -0.15) is 0 Å². The topological polar surface area (TPSA) is 144 Å². The monoisotopic (exact) mass is 625 g/mol. The lowest BCUT2D eigenvalue weighted by molar-refractivity contribution is -0.159. The predicted molar refractivity (Wildman–Crippen MR) is 166 cm³/mol. The van der Waals surface area contributed by atoms with Crippen molar-refractivity contribution >= 4 is 29.4 Å². The predicted octanol–water partition coefficient (Wildman–Crippen LogP) is 2.77. The zero-order chi connectivity index (χ0) is 33.4. The molecule has 0 saturated carbocycles. The zero-order valence-corrected chi connectivity index (χ0v) is 27.0. The average Bonchev–Trinajstić information content (AvgIpc) is 3.00. The fourth-order valence-corrected chi connectivity index (χ4v) is 5.17. The highest BCUT2D eigenvalue weighted by atomic mass is 16.6. The normalized spacial score (nSPS) is 16.2. The van der Waals surface area contributed by atoms with Crippen LogP contribution < -0.4 is 19.5 Å². The highest BCUT2D eigenvalue weighted by molar-refractivity contribution is 5.99. The quantitative estimate of drug-likeness (QED) is 0.321. The summed E-state index contributed by atoms with van der Waals surface area (Å²) in [6.45, 7) is 7.81. The highest BCUT2D eigenvalue weighted by Gasteiger charge is 2.41. The van der Waals surface area contributed by atoms with Crippen LogP contribution in [0.2, 0.25) is 0 Å². The fourth-order valence-electron chi connectivity index (χ4n) is 5.17. The van der Waals surface area contributed by atoms with Gasteiger partial charge in [0.05, 0.1) is 39.2 Å². The van der Waals surface area contributed by atoms with Crippen molar-refractivity contribution in [2.24, 2.45) is 5.92 Å². The van der Waals surface area contributed by atoms with E-state index >= 15 is 0 Å². The third-order valence-electron chi connectivity index (χ3n) is 7.25. The molecule has 2 unspecified atom stereocenters. The standard InChI is InChI=1S/C33H43N3O9/c1-19(2)29-32(40)36(25(17-35(29)21(5)37)23-15-26(42-6)31(44-8)27(16-23)43-7)18-28(38)34-24(14-22-12-10-9-11-13-22)30(39)33(41)45-20(3)4/h9-13,15-17,19-20,24,29-30,39H,14,18H2,1-8H3,(H,34,38)/t24-,29?,30?/m0/s1. The van der Waals surface area contributed by atoms with Gasteiger partial charge in [0.2, 0.25) is 17.6 Å². The van der Waals surface area contributed by atoms with Gasteiger partial charge in [0.25, 0.3) is 5.91 Å².